The summed E-state index contributed by atoms with van der Waals surface area (Å²) in [6.45, 7) is 3.63. The zero-order valence-corrected chi connectivity index (χ0v) is 20.4. The first-order valence-corrected chi connectivity index (χ1v) is 11.9. The Hall–Kier alpha value is -2.74. The van der Waals surface area contributed by atoms with E-state index in [9.17, 15) is 22.8 Å². The van der Waals surface area contributed by atoms with E-state index in [4.69, 9.17) is 9.47 Å². The molecule has 190 valence electrons. The van der Waals surface area contributed by atoms with Gasteiger partial charge in [0.15, 0.2) is 11.4 Å². The van der Waals surface area contributed by atoms with Gasteiger partial charge in [0, 0.05) is 32.1 Å². The number of H-pyrrole nitrogens is 1. The van der Waals surface area contributed by atoms with E-state index < -0.39 is 29.6 Å². The Morgan fingerprint density at radius 1 is 1.14 bits per heavy atom. The largest absolute Gasteiger partial charge is 0.485 e. The molecule has 2 atom stereocenters. The van der Waals surface area contributed by atoms with E-state index in [1.54, 1.807) is 6.92 Å². The van der Waals surface area contributed by atoms with Crippen molar-refractivity contribution in [1.82, 2.24) is 25.1 Å². The topological polar surface area (TPSA) is 114 Å². The summed E-state index contributed by atoms with van der Waals surface area (Å²) in [5, 5.41) is 5.98. The van der Waals surface area contributed by atoms with Gasteiger partial charge >= 0.3 is 6.18 Å². The molecule has 0 radical (unpaired) electrons. The summed E-state index contributed by atoms with van der Waals surface area (Å²) in [6, 6.07) is 0.0292. The van der Waals surface area contributed by atoms with Crippen LogP contribution in [0.25, 0.3) is 0 Å². The number of nitrogens with one attached hydrogen (secondary N) is 1. The summed E-state index contributed by atoms with van der Waals surface area (Å²) in [5.74, 6) is 0.597. The van der Waals surface area contributed by atoms with Crippen LogP contribution in [0.5, 0.6) is 5.75 Å². The lowest BCUT2D eigenvalue weighted by molar-refractivity contribution is -0.141. The molecule has 35 heavy (non-hydrogen) atoms. The van der Waals surface area contributed by atoms with Crippen molar-refractivity contribution in [1.29, 1.82) is 0 Å². The molecule has 2 saturated heterocycles. The molecule has 1 amide bonds. The van der Waals surface area contributed by atoms with Crippen molar-refractivity contribution in [2.45, 2.75) is 50.6 Å². The maximum atomic E-state index is 12.9. The molecule has 0 aromatic carbocycles. The Morgan fingerprint density at radius 2 is 1.89 bits per heavy atom. The molecule has 2 aromatic heterocycles. The van der Waals surface area contributed by atoms with Gasteiger partial charge in [0.2, 0.25) is 0 Å². The summed E-state index contributed by atoms with van der Waals surface area (Å²) in [6.07, 6.45) is -0.342. The Morgan fingerprint density at radius 3 is 2.54 bits per heavy atom. The highest BCUT2D eigenvalue weighted by atomic mass is 79.9. The number of alkyl halides is 3. The summed E-state index contributed by atoms with van der Waals surface area (Å²) < 4.78 is 49.8. The standard InChI is InChI=1S/C21H24BrF3N6O4/c1-12(35-15-8-28-29-19(32)18(15)22)11-34-14-4-7-31(20(14)33)13-2-5-30(6-3-13)17-10-26-16(9-27-17)21(23,24)25/h8-10,12-14H,2-7,11H2,1H3,(H,29,32)/t12?,14-/m0/s1. The Kier molecular flexibility index (Phi) is 7.59. The Bertz CT molecular complexity index is 1090. The van der Waals surface area contributed by atoms with E-state index in [2.05, 4.69) is 36.1 Å². The number of carbonyl (C=O) groups excluding carboxylic acids is 1. The summed E-state index contributed by atoms with van der Waals surface area (Å²) in [5.41, 5.74) is -1.43. The maximum Gasteiger partial charge on any atom is 0.434 e. The smallest absolute Gasteiger partial charge is 0.434 e. The zero-order chi connectivity index (χ0) is 25.2. The van der Waals surface area contributed by atoms with Crippen LogP contribution >= 0.6 is 15.9 Å². The molecule has 1 N–H and O–H groups in total. The van der Waals surface area contributed by atoms with Gasteiger partial charge in [-0.15, -0.1) is 0 Å². The van der Waals surface area contributed by atoms with E-state index in [0.29, 0.717) is 44.7 Å². The number of hydrogen-bond donors (Lipinski definition) is 1. The molecule has 4 rings (SSSR count). The first-order chi connectivity index (χ1) is 16.6. The van der Waals surface area contributed by atoms with Crippen molar-refractivity contribution in [2.24, 2.45) is 0 Å². The number of anilines is 1. The highest BCUT2D eigenvalue weighted by Crippen LogP contribution is 2.29. The highest BCUT2D eigenvalue weighted by Gasteiger charge is 2.38. The van der Waals surface area contributed by atoms with E-state index in [0.717, 1.165) is 12.4 Å². The van der Waals surface area contributed by atoms with Gasteiger partial charge in [-0.05, 0) is 35.7 Å². The number of piperidine rings is 1. The molecule has 14 heteroatoms. The third-order valence-corrected chi connectivity index (χ3v) is 6.72. The molecule has 0 saturated carbocycles. The number of hydrogen-bond acceptors (Lipinski definition) is 8. The minimum absolute atomic E-state index is 0.0292. The number of aromatic nitrogens is 4. The van der Waals surface area contributed by atoms with Crippen LogP contribution in [0.3, 0.4) is 0 Å². The van der Waals surface area contributed by atoms with E-state index in [1.807, 2.05) is 9.80 Å². The first-order valence-electron chi connectivity index (χ1n) is 11.1. The van der Waals surface area contributed by atoms with Gasteiger partial charge in [-0.3, -0.25) is 9.59 Å². The number of ether oxygens (including phenoxy) is 2. The average molecular weight is 561 g/mol. The van der Waals surface area contributed by atoms with Crippen LogP contribution in [0, 0.1) is 0 Å². The fourth-order valence-corrected chi connectivity index (χ4v) is 4.47. The fourth-order valence-electron chi connectivity index (χ4n) is 4.18. The lowest BCUT2D eigenvalue weighted by Gasteiger charge is -2.37. The second kappa shape index (κ2) is 10.5. The number of rotatable bonds is 7. The van der Waals surface area contributed by atoms with Crippen molar-refractivity contribution >= 4 is 27.7 Å². The van der Waals surface area contributed by atoms with Gasteiger partial charge in [-0.1, -0.05) is 0 Å². The minimum Gasteiger partial charge on any atom is -0.485 e. The van der Waals surface area contributed by atoms with Crippen LogP contribution in [0.4, 0.5) is 19.0 Å². The first kappa shape index (κ1) is 25.4. The normalized spacial score (nSPS) is 20.4. The number of likely N-dealkylation sites (tertiary alicyclic amines) is 1. The van der Waals surface area contributed by atoms with Gasteiger partial charge in [0.25, 0.3) is 11.5 Å². The van der Waals surface area contributed by atoms with Crippen molar-refractivity contribution in [2.75, 3.05) is 31.1 Å². The van der Waals surface area contributed by atoms with Crippen molar-refractivity contribution < 1.29 is 27.4 Å². The van der Waals surface area contributed by atoms with E-state index in [1.165, 1.54) is 6.20 Å². The minimum atomic E-state index is -4.52. The molecule has 2 fully saturated rings. The SMILES string of the molecule is CC(CO[C@H]1CCN(C2CCN(c3cnc(C(F)(F)F)cn3)CC2)C1=O)Oc1cn[nH]c(=O)c1Br. The molecule has 0 spiro atoms. The molecular weight excluding hydrogens is 537 g/mol. The molecule has 2 aliphatic rings. The molecule has 4 heterocycles. The molecule has 2 aromatic rings. The predicted molar refractivity (Wildman–Crippen MR) is 121 cm³/mol. The number of carbonyl (C=O) groups is 1. The van der Waals surface area contributed by atoms with Crippen molar-refractivity contribution in [3.63, 3.8) is 0 Å². The average Bonchev–Trinajstić information content (AvgIpc) is 3.20. The number of amides is 1. The lowest BCUT2D eigenvalue weighted by atomic mass is 10.0. The van der Waals surface area contributed by atoms with E-state index in [-0.39, 0.29) is 28.8 Å². The highest BCUT2D eigenvalue weighted by molar-refractivity contribution is 9.10. The second-order valence-corrected chi connectivity index (χ2v) is 9.22. The lowest BCUT2D eigenvalue weighted by Crippen LogP contribution is -2.47. The molecule has 2 aliphatic heterocycles. The quantitative estimate of drug-likeness (QED) is 0.549. The molecule has 0 aliphatic carbocycles. The molecule has 0 bridgehead atoms. The molecule has 10 nitrogen and oxygen atoms in total. The van der Waals surface area contributed by atoms with Gasteiger partial charge in [0.1, 0.15) is 22.5 Å². The summed E-state index contributed by atoms with van der Waals surface area (Å²) in [7, 11) is 0. The Labute approximate surface area is 207 Å². The number of halogens is 4. The number of aromatic amines is 1. The van der Waals surface area contributed by atoms with Crippen LogP contribution < -0.4 is 15.2 Å². The Balaban J connectivity index is 1.24. The van der Waals surface area contributed by atoms with Gasteiger partial charge < -0.3 is 19.3 Å². The van der Waals surface area contributed by atoms with Gasteiger partial charge in [0.05, 0.1) is 25.2 Å². The molecule has 1 unspecified atom stereocenters. The van der Waals surface area contributed by atoms with Crippen LogP contribution in [0.1, 0.15) is 31.9 Å². The van der Waals surface area contributed by atoms with Gasteiger partial charge in [-0.25, -0.2) is 15.1 Å². The fraction of sp³-hybridized carbons (Fsp3) is 0.571. The van der Waals surface area contributed by atoms with Crippen LogP contribution in [0.2, 0.25) is 0 Å². The maximum absolute atomic E-state index is 12.9. The zero-order valence-electron chi connectivity index (χ0n) is 18.8. The third-order valence-electron chi connectivity index (χ3n) is 5.97. The van der Waals surface area contributed by atoms with Gasteiger partial charge in [-0.2, -0.15) is 18.3 Å². The molecular formula is C21H24BrF3N6O4. The monoisotopic (exact) mass is 560 g/mol. The van der Waals surface area contributed by atoms with Crippen LogP contribution in [-0.4, -0.2) is 75.5 Å². The van der Waals surface area contributed by atoms with E-state index >= 15 is 0 Å². The van der Waals surface area contributed by atoms with Crippen molar-refractivity contribution in [3.8, 4) is 5.75 Å². The van der Waals surface area contributed by atoms with Crippen molar-refractivity contribution in [3.05, 3.63) is 39.1 Å². The second-order valence-electron chi connectivity index (χ2n) is 8.42. The summed E-state index contributed by atoms with van der Waals surface area (Å²) >= 11 is 3.15. The predicted octanol–water partition coefficient (Wildman–Crippen LogP) is 2.39. The van der Waals surface area contributed by atoms with Crippen LogP contribution in [-0.2, 0) is 15.7 Å². The third kappa shape index (κ3) is 5.92. The number of nitrogens with zero attached hydrogens (tertiary/aromatic N) is 5. The van der Waals surface area contributed by atoms with Crippen LogP contribution in [0.15, 0.2) is 27.9 Å². The summed E-state index contributed by atoms with van der Waals surface area (Å²) in [4.78, 5) is 35.6.